The molecule has 1 heterocycles. The van der Waals surface area contributed by atoms with Gasteiger partial charge in [-0.15, -0.1) is 0 Å². The van der Waals surface area contributed by atoms with E-state index in [1.807, 2.05) is 19.1 Å². The van der Waals surface area contributed by atoms with Crippen molar-refractivity contribution in [2.24, 2.45) is 5.41 Å². The van der Waals surface area contributed by atoms with Crippen molar-refractivity contribution in [2.75, 3.05) is 21.3 Å². The van der Waals surface area contributed by atoms with Crippen molar-refractivity contribution in [3.8, 4) is 17.2 Å². The molecule has 1 saturated carbocycles. The van der Waals surface area contributed by atoms with Crippen molar-refractivity contribution in [2.45, 2.75) is 77.7 Å². The van der Waals surface area contributed by atoms with Gasteiger partial charge in [0.05, 0.1) is 26.9 Å². The number of carbonyl (C=O) groups excluding carboxylic acids is 2. The normalized spacial score (nSPS) is 22.3. The Morgan fingerprint density at radius 1 is 0.971 bits per heavy atom. The molecule has 7 nitrogen and oxygen atoms in total. The second-order valence-electron chi connectivity index (χ2n) is 10.6. The predicted octanol–water partition coefficient (Wildman–Crippen LogP) is 5.19. The largest absolute Gasteiger partial charge is 0.493 e. The fraction of sp³-hybridized carbons (Fsp3) is 0.571. The predicted molar refractivity (Wildman–Crippen MR) is 133 cm³/mol. The number of rotatable bonds is 6. The number of allylic oxidation sites excluding steroid dienone is 3. The molecule has 7 heteroatoms. The first-order valence-electron chi connectivity index (χ1n) is 12.4. The minimum atomic E-state index is -0.584. The van der Waals surface area contributed by atoms with Gasteiger partial charge in [-0.1, -0.05) is 20.3 Å². The van der Waals surface area contributed by atoms with Crippen LogP contribution >= 0.6 is 0 Å². The molecule has 0 saturated heterocycles. The third-order valence-electron chi connectivity index (χ3n) is 7.31. The van der Waals surface area contributed by atoms with Crippen LogP contribution in [0, 0.1) is 5.41 Å². The maximum absolute atomic E-state index is 13.7. The van der Waals surface area contributed by atoms with Crippen LogP contribution in [0.2, 0.25) is 0 Å². The molecule has 0 unspecified atom stereocenters. The molecule has 0 bridgehead atoms. The van der Waals surface area contributed by atoms with Crippen LogP contribution in [0.5, 0.6) is 17.2 Å². The second kappa shape index (κ2) is 9.96. The van der Waals surface area contributed by atoms with Gasteiger partial charge in [-0.25, -0.2) is 4.79 Å². The van der Waals surface area contributed by atoms with Crippen molar-refractivity contribution < 1.29 is 28.5 Å². The van der Waals surface area contributed by atoms with Gasteiger partial charge in [0, 0.05) is 29.3 Å². The van der Waals surface area contributed by atoms with Gasteiger partial charge in [-0.2, -0.15) is 0 Å². The molecule has 0 amide bonds. The summed E-state index contributed by atoms with van der Waals surface area (Å²) >= 11 is 0. The third-order valence-corrected chi connectivity index (χ3v) is 7.31. The van der Waals surface area contributed by atoms with E-state index in [9.17, 15) is 9.59 Å². The molecule has 2 aliphatic carbocycles. The minimum Gasteiger partial charge on any atom is -0.493 e. The first-order chi connectivity index (χ1) is 16.7. The lowest BCUT2D eigenvalue weighted by atomic mass is 9.68. The molecule has 1 atom stereocenters. The summed E-state index contributed by atoms with van der Waals surface area (Å²) < 4.78 is 22.7. The summed E-state index contributed by atoms with van der Waals surface area (Å²) in [5.74, 6) is 0.500. The summed E-state index contributed by atoms with van der Waals surface area (Å²) in [4.78, 5) is 27.2. The highest BCUT2D eigenvalue weighted by Crippen LogP contribution is 2.49. The summed E-state index contributed by atoms with van der Waals surface area (Å²) in [6.45, 7) is 6.08. The van der Waals surface area contributed by atoms with Crippen LogP contribution in [0.15, 0.2) is 34.7 Å². The summed E-state index contributed by atoms with van der Waals surface area (Å²) in [5.41, 5.74) is 3.25. The van der Waals surface area contributed by atoms with Crippen molar-refractivity contribution in [3.05, 3.63) is 40.2 Å². The zero-order valence-electron chi connectivity index (χ0n) is 21.7. The van der Waals surface area contributed by atoms with Crippen LogP contribution in [0.1, 0.15) is 77.2 Å². The fourth-order valence-corrected chi connectivity index (χ4v) is 5.71. The van der Waals surface area contributed by atoms with Crippen molar-refractivity contribution >= 4 is 11.8 Å². The smallest absolute Gasteiger partial charge is 0.337 e. The molecular formula is C28H37NO6. The molecule has 3 aliphatic rings. The van der Waals surface area contributed by atoms with Crippen molar-refractivity contribution in [3.63, 3.8) is 0 Å². The van der Waals surface area contributed by atoms with Crippen molar-refractivity contribution in [1.29, 1.82) is 0 Å². The number of dihydropyridines is 1. The van der Waals surface area contributed by atoms with E-state index in [0.29, 0.717) is 40.5 Å². The lowest BCUT2D eigenvalue weighted by Gasteiger charge is -2.39. The van der Waals surface area contributed by atoms with Gasteiger partial charge in [0.2, 0.25) is 5.75 Å². The Kier molecular flexibility index (Phi) is 7.15. The number of carbonyl (C=O) groups is 2. The van der Waals surface area contributed by atoms with E-state index in [0.717, 1.165) is 43.4 Å². The lowest BCUT2D eigenvalue weighted by molar-refractivity contribution is -0.146. The van der Waals surface area contributed by atoms with Gasteiger partial charge in [0.1, 0.15) is 6.10 Å². The average Bonchev–Trinajstić information content (AvgIpc) is 2.81. The number of nitrogens with one attached hydrogen (secondary N) is 1. The van der Waals surface area contributed by atoms with Crippen LogP contribution in [0.4, 0.5) is 0 Å². The van der Waals surface area contributed by atoms with Crippen LogP contribution in [0.25, 0.3) is 0 Å². The van der Waals surface area contributed by atoms with E-state index in [4.69, 9.17) is 18.9 Å². The first kappa shape index (κ1) is 25.1. The topological polar surface area (TPSA) is 83.1 Å². The Balaban J connectivity index is 1.85. The summed E-state index contributed by atoms with van der Waals surface area (Å²) in [5, 5.41) is 3.40. The number of hydrogen-bond acceptors (Lipinski definition) is 7. The minimum absolute atomic E-state index is 0.0398. The van der Waals surface area contributed by atoms with Crippen molar-refractivity contribution in [1.82, 2.24) is 5.32 Å². The number of ether oxygens (including phenoxy) is 4. The summed E-state index contributed by atoms with van der Waals surface area (Å²) in [7, 11) is 4.67. The number of hydrogen-bond donors (Lipinski definition) is 1. The van der Waals surface area contributed by atoms with E-state index < -0.39 is 5.92 Å². The molecule has 1 aromatic carbocycles. The van der Waals surface area contributed by atoms with Gasteiger partial charge in [-0.3, -0.25) is 4.79 Å². The number of ketones is 1. The van der Waals surface area contributed by atoms with Crippen LogP contribution < -0.4 is 19.5 Å². The molecule has 1 aliphatic heterocycles. The van der Waals surface area contributed by atoms with E-state index in [1.54, 1.807) is 21.3 Å². The molecule has 4 rings (SSSR count). The number of Topliss-reactive ketones (excluding diaryl/α,β-unsaturated/α-hetero) is 1. The van der Waals surface area contributed by atoms with Gasteiger partial charge < -0.3 is 24.3 Å². The Labute approximate surface area is 207 Å². The number of esters is 1. The van der Waals surface area contributed by atoms with Gasteiger partial charge >= 0.3 is 5.97 Å². The lowest BCUT2D eigenvalue weighted by Crippen LogP contribution is -2.39. The maximum atomic E-state index is 13.7. The highest BCUT2D eigenvalue weighted by Gasteiger charge is 2.44. The molecule has 0 aromatic heterocycles. The molecule has 0 radical (unpaired) electrons. The van der Waals surface area contributed by atoms with Crippen LogP contribution in [0.3, 0.4) is 0 Å². The van der Waals surface area contributed by atoms with Crippen LogP contribution in [-0.4, -0.2) is 39.2 Å². The van der Waals surface area contributed by atoms with Gasteiger partial charge in [0.15, 0.2) is 17.3 Å². The molecular weight excluding hydrogens is 446 g/mol. The number of benzene rings is 1. The molecule has 35 heavy (non-hydrogen) atoms. The Morgan fingerprint density at radius 3 is 2.17 bits per heavy atom. The second-order valence-corrected chi connectivity index (χ2v) is 10.6. The zero-order valence-corrected chi connectivity index (χ0v) is 21.7. The first-order valence-corrected chi connectivity index (χ1v) is 12.4. The van der Waals surface area contributed by atoms with Crippen LogP contribution in [-0.2, 0) is 14.3 Å². The monoisotopic (exact) mass is 483 g/mol. The number of methoxy groups -OCH3 is 3. The molecule has 1 fully saturated rings. The Hall–Kier alpha value is -2.96. The van der Waals surface area contributed by atoms with Gasteiger partial charge in [0.25, 0.3) is 0 Å². The van der Waals surface area contributed by atoms with Gasteiger partial charge in [-0.05, 0) is 62.1 Å². The van der Waals surface area contributed by atoms with E-state index >= 15 is 0 Å². The average molecular weight is 484 g/mol. The quantitative estimate of drug-likeness (QED) is 0.557. The maximum Gasteiger partial charge on any atom is 0.337 e. The summed E-state index contributed by atoms with van der Waals surface area (Å²) in [6, 6.07) is 3.66. The van der Waals surface area contributed by atoms with E-state index in [-0.39, 0.29) is 23.3 Å². The molecule has 1 aromatic rings. The third kappa shape index (κ3) is 4.91. The fourth-order valence-electron chi connectivity index (χ4n) is 5.71. The standard InChI is InChI=1S/C28H37NO6/c1-16-23(27(31)35-18-10-8-7-9-11-18)24(25-19(29-16)14-28(2,3)15-20(25)30)17-12-21(32-4)26(34-6)22(13-17)33-5/h12-13,18,24,29H,7-11,14-15H2,1-6H3/t24-/m0/s1. The van der Waals surface area contributed by atoms with E-state index in [2.05, 4.69) is 19.2 Å². The highest BCUT2D eigenvalue weighted by atomic mass is 16.5. The van der Waals surface area contributed by atoms with E-state index in [1.165, 1.54) is 6.42 Å². The summed E-state index contributed by atoms with van der Waals surface area (Å²) in [6.07, 6.45) is 6.10. The SMILES string of the molecule is COc1cc([C@H]2C(C(=O)OC3CCCCC3)=C(C)NC3=C2C(=O)CC(C)(C)C3)cc(OC)c1OC. The highest BCUT2D eigenvalue weighted by molar-refractivity contribution is 6.04. The Bertz CT molecular complexity index is 1050. The molecule has 1 N–H and O–H groups in total. The Morgan fingerprint density at radius 2 is 1.60 bits per heavy atom. The molecule has 190 valence electrons. The zero-order chi connectivity index (χ0) is 25.3. The molecule has 0 spiro atoms.